The zero-order valence-electron chi connectivity index (χ0n) is 10.5. The van der Waals surface area contributed by atoms with E-state index in [-0.39, 0.29) is 5.91 Å². The summed E-state index contributed by atoms with van der Waals surface area (Å²) in [5, 5.41) is 3.43. The number of carbonyl (C=O) groups is 1. The van der Waals surface area contributed by atoms with Crippen LogP contribution in [0.1, 0.15) is 15.9 Å². The fourth-order valence-corrected chi connectivity index (χ4v) is 3.03. The van der Waals surface area contributed by atoms with E-state index in [0.29, 0.717) is 27.0 Å². The van der Waals surface area contributed by atoms with Crippen LogP contribution in [-0.2, 0) is 0 Å². The molecule has 104 valence electrons. The van der Waals surface area contributed by atoms with Crippen molar-refractivity contribution in [1.29, 1.82) is 0 Å². The predicted octanol–water partition coefficient (Wildman–Crippen LogP) is 4.90. The van der Waals surface area contributed by atoms with Crippen LogP contribution in [0.2, 0.25) is 10.0 Å². The van der Waals surface area contributed by atoms with E-state index in [4.69, 9.17) is 28.9 Å². The lowest BCUT2D eigenvalue weighted by atomic mass is 10.1. The van der Waals surface area contributed by atoms with Crippen LogP contribution in [0.3, 0.4) is 0 Å². The van der Waals surface area contributed by atoms with Gasteiger partial charge in [-0.15, -0.1) is 0 Å². The lowest BCUT2D eigenvalue weighted by Gasteiger charge is -2.11. The second-order valence-corrected chi connectivity index (χ2v) is 6.00. The normalized spacial score (nSPS) is 10.4. The van der Waals surface area contributed by atoms with Crippen molar-refractivity contribution in [3.63, 3.8) is 0 Å². The first-order valence-corrected chi connectivity index (χ1v) is 7.25. The molecule has 3 N–H and O–H groups in total. The molecule has 20 heavy (non-hydrogen) atoms. The molecule has 0 saturated heterocycles. The largest absolute Gasteiger partial charge is 0.399 e. The second kappa shape index (κ2) is 6.04. The quantitative estimate of drug-likeness (QED) is 0.735. The summed E-state index contributed by atoms with van der Waals surface area (Å²) in [4.78, 5) is 12.3. The van der Waals surface area contributed by atoms with Gasteiger partial charge in [0.1, 0.15) is 0 Å². The standard InChI is InChI=1S/C14H11BrCl2N2O/c1-7-2-3-9(18)6-10(7)14(20)19-13-11(16)4-8(15)5-12(13)17/h2-6H,18H2,1H3,(H,19,20). The third-order valence-corrected chi connectivity index (χ3v) is 3.81. The molecule has 0 saturated carbocycles. The molecule has 0 heterocycles. The lowest BCUT2D eigenvalue weighted by Crippen LogP contribution is -2.14. The fraction of sp³-hybridized carbons (Fsp3) is 0.0714. The maximum Gasteiger partial charge on any atom is 0.256 e. The number of amides is 1. The Hall–Kier alpha value is -1.23. The molecule has 0 bridgehead atoms. The highest BCUT2D eigenvalue weighted by Crippen LogP contribution is 2.34. The number of halogens is 3. The minimum Gasteiger partial charge on any atom is -0.399 e. The van der Waals surface area contributed by atoms with Crippen molar-refractivity contribution in [2.75, 3.05) is 11.1 Å². The van der Waals surface area contributed by atoms with E-state index in [0.717, 1.165) is 10.0 Å². The number of nitrogens with one attached hydrogen (secondary N) is 1. The molecule has 0 spiro atoms. The summed E-state index contributed by atoms with van der Waals surface area (Å²) < 4.78 is 0.741. The molecular weight excluding hydrogens is 363 g/mol. The Labute approximate surface area is 135 Å². The smallest absolute Gasteiger partial charge is 0.256 e. The topological polar surface area (TPSA) is 55.1 Å². The Balaban J connectivity index is 2.35. The number of hydrogen-bond acceptors (Lipinski definition) is 2. The van der Waals surface area contributed by atoms with Crippen molar-refractivity contribution < 1.29 is 4.79 Å². The average Bonchev–Trinajstić information content (AvgIpc) is 2.36. The van der Waals surface area contributed by atoms with Gasteiger partial charge in [0.15, 0.2) is 0 Å². The van der Waals surface area contributed by atoms with Crippen LogP contribution in [0.5, 0.6) is 0 Å². The molecule has 6 heteroatoms. The second-order valence-electron chi connectivity index (χ2n) is 4.27. The number of aryl methyl sites for hydroxylation is 1. The number of rotatable bonds is 2. The van der Waals surface area contributed by atoms with E-state index < -0.39 is 0 Å². The van der Waals surface area contributed by atoms with Gasteiger partial charge in [-0.25, -0.2) is 0 Å². The highest BCUT2D eigenvalue weighted by atomic mass is 79.9. The predicted molar refractivity (Wildman–Crippen MR) is 87.7 cm³/mol. The molecule has 0 atom stereocenters. The van der Waals surface area contributed by atoms with E-state index in [1.54, 1.807) is 30.3 Å². The number of anilines is 2. The number of benzene rings is 2. The van der Waals surface area contributed by atoms with Gasteiger partial charge >= 0.3 is 0 Å². The Morgan fingerprint density at radius 2 is 1.80 bits per heavy atom. The Morgan fingerprint density at radius 3 is 2.40 bits per heavy atom. The summed E-state index contributed by atoms with van der Waals surface area (Å²) in [5.74, 6) is -0.305. The molecule has 0 aliphatic carbocycles. The Morgan fingerprint density at radius 1 is 1.20 bits per heavy atom. The van der Waals surface area contributed by atoms with Gasteiger partial charge in [-0.2, -0.15) is 0 Å². The number of hydrogen-bond donors (Lipinski definition) is 2. The van der Waals surface area contributed by atoms with Crippen molar-refractivity contribution >= 4 is 56.4 Å². The minimum atomic E-state index is -0.305. The first-order chi connectivity index (χ1) is 9.38. The Bertz CT molecular complexity index is 666. The highest BCUT2D eigenvalue weighted by molar-refractivity contribution is 9.10. The number of nitrogen functional groups attached to an aromatic ring is 1. The molecule has 1 amide bonds. The van der Waals surface area contributed by atoms with Gasteiger partial charge < -0.3 is 11.1 Å². The van der Waals surface area contributed by atoms with Crippen molar-refractivity contribution in [3.05, 3.63) is 56.0 Å². The van der Waals surface area contributed by atoms with Crippen molar-refractivity contribution in [2.24, 2.45) is 0 Å². The number of carbonyl (C=O) groups excluding carboxylic acids is 1. The van der Waals surface area contributed by atoms with E-state index in [1.165, 1.54) is 0 Å². The third kappa shape index (κ3) is 3.26. The van der Waals surface area contributed by atoms with Gasteiger partial charge in [-0.05, 0) is 36.8 Å². The van der Waals surface area contributed by atoms with Gasteiger partial charge in [-0.3, -0.25) is 4.79 Å². The average molecular weight is 374 g/mol. The van der Waals surface area contributed by atoms with Crippen LogP contribution in [0, 0.1) is 6.92 Å². The molecule has 0 aliphatic heterocycles. The van der Waals surface area contributed by atoms with Crippen LogP contribution in [0.15, 0.2) is 34.8 Å². The summed E-state index contributed by atoms with van der Waals surface area (Å²) in [7, 11) is 0. The molecule has 2 rings (SSSR count). The molecule has 2 aromatic carbocycles. The molecule has 2 aromatic rings. The van der Waals surface area contributed by atoms with Crippen LogP contribution in [0.4, 0.5) is 11.4 Å². The van der Waals surface area contributed by atoms with Crippen LogP contribution < -0.4 is 11.1 Å². The fourth-order valence-electron chi connectivity index (χ4n) is 1.73. The van der Waals surface area contributed by atoms with Gasteiger partial charge in [-0.1, -0.05) is 45.2 Å². The third-order valence-electron chi connectivity index (χ3n) is 2.75. The monoisotopic (exact) mass is 372 g/mol. The van der Waals surface area contributed by atoms with Gasteiger partial charge in [0.2, 0.25) is 0 Å². The van der Waals surface area contributed by atoms with Crippen LogP contribution >= 0.6 is 39.1 Å². The zero-order chi connectivity index (χ0) is 14.9. The zero-order valence-corrected chi connectivity index (χ0v) is 13.6. The van der Waals surface area contributed by atoms with Crippen molar-refractivity contribution in [3.8, 4) is 0 Å². The highest BCUT2D eigenvalue weighted by Gasteiger charge is 2.14. The Kier molecular flexibility index (Phi) is 4.58. The first-order valence-electron chi connectivity index (χ1n) is 5.70. The van der Waals surface area contributed by atoms with E-state index >= 15 is 0 Å². The maximum atomic E-state index is 12.3. The van der Waals surface area contributed by atoms with Crippen LogP contribution in [-0.4, -0.2) is 5.91 Å². The summed E-state index contributed by atoms with van der Waals surface area (Å²) >= 11 is 15.4. The van der Waals surface area contributed by atoms with E-state index in [2.05, 4.69) is 21.2 Å². The SMILES string of the molecule is Cc1ccc(N)cc1C(=O)Nc1c(Cl)cc(Br)cc1Cl. The molecule has 0 aromatic heterocycles. The van der Waals surface area contributed by atoms with Gasteiger partial charge in [0, 0.05) is 15.7 Å². The number of nitrogens with two attached hydrogens (primary N) is 1. The summed E-state index contributed by atoms with van der Waals surface area (Å²) in [6, 6.07) is 8.47. The van der Waals surface area contributed by atoms with Crippen molar-refractivity contribution in [1.82, 2.24) is 0 Å². The molecule has 0 radical (unpaired) electrons. The minimum absolute atomic E-state index is 0.305. The summed E-state index contributed by atoms with van der Waals surface area (Å²) in [5.41, 5.74) is 7.91. The van der Waals surface area contributed by atoms with E-state index in [9.17, 15) is 4.79 Å². The van der Waals surface area contributed by atoms with E-state index in [1.807, 2.05) is 6.92 Å². The molecule has 3 nitrogen and oxygen atoms in total. The first kappa shape index (κ1) is 15.2. The van der Waals surface area contributed by atoms with Crippen molar-refractivity contribution in [2.45, 2.75) is 6.92 Å². The lowest BCUT2D eigenvalue weighted by molar-refractivity contribution is 0.102. The van der Waals surface area contributed by atoms with Gasteiger partial charge in [0.05, 0.1) is 15.7 Å². The molecular formula is C14H11BrCl2N2O. The summed E-state index contributed by atoms with van der Waals surface area (Å²) in [6.07, 6.45) is 0. The molecule has 0 unspecified atom stereocenters. The molecule has 0 aliphatic rings. The van der Waals surface area contributed by atoms with Gasteiger partial charge in [0.25, 0.3) is 5.91 Å². The molecule has 0 fully saturated rings. The summed E-state index contributed by atoms with van der Waals surface area (Å²) in [6.45, 7) is 1.83. The van der Waals surface area contributed by atoms with Crippen LogP contribution in [0.25, 0.3) is 0 Å². The maximum absolute atomic E-state index is 12.3.